The fourth-order valence-electron chi connectivity index (χ4n) is 3.79. The summed E-state index contributed by atoms with van der Waals surface area (Å²) in [6.45, 7) is 13.5. The van der Waals surface area contributed by atoms with Gasteiger partial charge in [-0.15, -0.1) is 0 Å². The van der Waals surface area contributed by atoms with E-state index in [1.54, 1.807) is 6.08 Å². The minimum atomic E-state index is -1.12. The molecule has 1 saturated carbocycles. The van der Waals surface area contributed by atoms with Gasteiger partial charge in [0, 0.05) is 29.6 Å². The van der Waals surface area contributed by atoms with Gasteiger partial charge in [0.05, 0.1) is 19.8 Å². The summed E-state index contributed by atoms with van der Waals surface area (Å²) in [5.74, 6) is 5.37. The molecule has 2 fully saturated rings. The molecule has 2 atom stereocenters. The lowest BCUT2D eigenvalue weighted by Crippen LogP contribution is -2.62. The summed E-state index contributed by atoms with van der Waals surface area (Å²) >= 11 is 0. The number of ether oxygens (including phenoxy) is 2. The van der Waals surface area contributed by atoms with Gasteiger partial charge in [0.15, 0.2) is 5.79 Å². The normalized spacial score (nSPS) is 34.5. The van der Waals surface area contributed by atoms with E-state index in [0.29, 0.717) is 26.1 Å². The topological polar surface area (TPSA) is 58.9 Å². The van der Waals surface area contributed by atoms with Gasteiger partial charge in [0.2, 0.25) is 0 Å². The Bertz CT molecular complexity index is 554. The predicted octanol–water partition coefficient (Wildman–Crippen LogP) is 2.88. The Kier molecular flexibility index (Phi) is 5.24. The van der Waals surface area contributed by atoms with E-state index in [9.17, 15) is 5.11 Å². The largest absolute Gasteiger partial charge is 0.392 e. The summed E-state index contributed by atoms with van der Waals surface area (Å²) in [6.07, 6.45) is 2.88. The molecule has 0 aromatic rings. The molecule has 0 aromatic heterocycles. The quantitative estimate of drug-likeness (QED) is 0.723. The van der Waals surface area contributed by atoms with Gasteiger partial charge >= 0.3 is 0 Å². The van der Waals surface area contributed by atoms with E-state index in [1.165, 1.54) is 0 Å². The van der Waals surface area contributed by atoms with Crippen molar-refractivity contribution in [1.82, 2.24) is 0 Å². The number of rotatable bonds is 1. The average Bonchev–Trinajstić information content (AvgIpc) is 2.47. The van der Waals surface area contributed by atoms with Crippen LogP contribution in [-0.4, -0.2) is 41.4 Å². The molecule has 0 amide bonds. The maximum atomic E-state index is 11.3. The van der Waals surface area contributed by atoms with Gasteiger partial charge in [-0.3, -0.25) is 0 Å². The standard InChI is InChI=1S/C20H32O4/c1-15(8-10-21)7-9-20(22)16(2)11-19(12-18(20,5)6)23-13-17(3,4)14-24-19/h8,16,21-22H,10-14H2,1-6H3/t16-,20+/m0/s1. The predicted molar refractivity (Wildman–Crippen MR) is 94.2 cm³/mol. The van der Waals surface area contributed by atoms with Crippen LogP contribution in [0.3, 0.4) is 0 Å². The first-order chi connectivity index (χ1) is 11.0. The summed E-state index contributed by atoms with van der Waals surface area (Å²) in [5, 5.41) is 20.3. The molecule has 0 bridgehead atoms. The van der Waals surface area contributed by atoms with Crippen molar-refractivity contribution < 1.29 is 19.7 Å². The van der Waals surface area contributed by atoms with Gasteiger partial charge in [-0.25, -0.2) is 0 Å². The Morgan fingerprint density at radius 2 is 1.79 bits per heavy atom. The van der Waals surface area contributed by atoms with Gasteiger partial charge in [-0.05, 0) is 18.6 Å². The highest BCUT2D eigenvalue weighted by atomic mass is 16.7. The van der Waals surface area contributed by atoms with Gasteiger partial charge in [0.1, 0.15) is 5.60 Å². The number of hydrogen-bond acceptors (Lipinski definition) is 4. The van der Waals surface area contributed by atoms with Crippen LogP contribution in [0, 0.1) is 28.6 Å². The van der Waals surface area contributed by atoms with Crippen molar-refractivity contribution in [2.75, 3.05) is 19.8 Å². The van der Waals surface area contributed by atoms with E-state index in [4.69, 9.17) is 14.6 Å². The van der Waals surface area contributed by atoms with Gasteiger partial charge in [-0.1, -0.05) is 46.5 Å². The third kappa shape index (κ3) is 3.70. The molecule has 1 spiro atoms. The van der Waals surface area contributed by atoms with Crippen LogP contribution in [-0.2, 0) is 9.47 Å². The lowest BCUT2D eigenvalue weighted by Gasteiger charge is -2.56. The number of aliphatic hydroxyl groups is 2. The Balaban J connectivity index is 2.26. The maximum Gasteiger partial charge on any atom is 0.169 e. The van der Waals surface area contributed by atoms with E-state index < -0.39 is 16.8 Å². The third-order valence-electron chi connectivity index (χ3n) is 5.37. The molecule has 1 saturated heterocycles. The molecule has 1 aliphatic heterocycles. The summed E-state index contributed by atoms with van der Waals surface area (Å²) in [6, 6.07) is 0. The Labute approximate surface area is 146 Å². The van der Waals surface area contributed by atoms with Crippen LogP contribution in [0.1, 0.15) is 54.4 Å². The smallest absolute Gasteiger partial charge is 0.169 e. The first-order valence-electron chi connectivity index (χ1n) is 8.76. The van der Waals surface area contributed by atoms with Crippen molar-refractivity contribution in [1.29, 1.82) is 0 Å². The summed E-state index contributed by atoms with van der Waals surface area (Å²) in [4.78, 5) is 0. The average molecular weight is 336 g/mol. The Morgan fingerprint density at radius 3 is 2.29 bits per heavy atom. The van der Waals surface area contributed by atoms with Crippen molar-refractivity contribution in [3.8, 4) is 11.8 Å². The molecule has 2 rings (SSSR count). The zero-order valence-corrected chi connectivity index (χ0v) is 15.9. The van der Waals surface area contributed by atoms with E-state index >= 15 is 0 Å². The number of hydrogen-bond donors (Lipinski definition) is 2. The second-order valence-corrected chi connectivity index (χ2v) is 8.90. The minimum absolute atomic E-state index is 0.0262. The minimum Gasteiger partial charge on any atom is -0.392 e. The van der Waals surface area contributed by atoms with Crippen LogP contribution in [0.5, 0.6) is 0 Å². The van der Waals surface area contributed by atoms with Crippen molar-refractivity contribution in [2.24, 2.45) is 16.7 Å². The number of aliphatic hydroxyl groups excluding tert-OH is 1. The molecule has 136 valence electrons. The fraction of sp³-hybridized carbons (Fsp3) is 0.800. The molecule has 24 heavy (non-hydrogen) atoms. The molecular weight excluding hydrogens is 304 g/mol. The van der Waals surface area contributed by atoms with Crippen molar-refractivity contribution in [3.63, 3.8) is 0 Å². The SMILES string of the molecule is CC(C#C[C@@]1(O)[C@@H](C)CC2(CC1(C)C)OCC(C)(C)CO2)=CCO. The monoisotopic (exact) mass is 336 g/mol. The third-order valence-corrected chi connectivity index (χ3v) is 5.37. The molecule has 1 aliphatic carbocycles. The molecule has 0 unspecified atom stereocenters. The zero-order valence-electron chi connectivity index (χ0n) is 15.9. The second-order valence-electron chi connectivity index (χ2n) is 8.90. The summed E-state index contributed by atoms with van der Waals surface area (Å²) < 4.78 is 12.3. The van der Waals surface area contributed by atoms with Crippen LogP contribution in [0.25, 0.3) is 0 Å². The maximum absolute atomic E-state index is 11.3. The molecule has 2 N–H and O–H groups in total. The number of allylic oxidation sites excluding steroid dienone is 1. The molecule has 0 aromatic carbocycles. The molecule has 2 aliphatic rings. The van der Waals surface area contributed by atoms with Crippen molar-refractivity contribution in [2.45, 2.75) is 65.8 Å². The zero-order chi connectivity index (χ0) is 18.2. The Hall–Kier alpha value is -0.860. The van der Waals surface area contributed by atoms with Crippen LogP contribution in [0.2, 0.25) is 0 Å². The molecule has 1 heterocycles. The summed E-state index contributed by atoms with van der Waals surface area (Å²) in [5.41, 5.74) is -0.805. The Morgan fingerprint density at radius 1 is 1.21 bits per heavy atom. The summed E-state index contributed by atoms with van der Waals surface area (Å²) in [7, 11) is 0. The van der Waals surface area contributed by atoms with Gasteiger partial charge in [-0.2, -0.15) is 0 Å². The molecule has 0 radical (unpaired) electrons. The van der Waals surface area contributed by atoms with Crippen LogP contribution < -0.4 is 0 Å². The van der Waals surface area contributed by atoms with E-state index in [0.717, 1.165) is 5.57 Å². The van der Waals surface area contributed by atoms with Crippen molar-refractivity contribution >= 4 is 0 Å². The van der Waals surface area contributed by atoms with Crippen LogP contribution in [0.4, 0.5) is 0 Å². The highest BCUT2D eigenvalue weighted by Gasteiger charge is 2.59. The van der Waals surface area contributed by atoms with Gasteiger partial charge in [0.25, 0.3) is 0 Å². The molecular formula is C20H32O4. The van der Waals surface area contributed by atoms with Crippen LogP contribution in [0.15, 0.2) is 11.6 Å². The van der Waals surface area contributed by atoms with E-state index in [1.807, 2.05) is 27.7 Å². The fourth-order valence-corrected chi connectivity index (χ4v) is 3.79. The second kappa shape index (κ2) is 6.46. The van der Waals surface area contributed by atoms with Gasteiger partial charge < -0.3 is 19.7 Å². The van der Waals surface area contributed by atoms with E-state index in [2.05, 4.69) is 25.7 Å². The highest BCUT2D eigenvalue weighted by molar-refractivity contribution is 5.33. The highest BCUT2D eigenvalue weighted by Crippen LogP contribution is 2.53. The van der Waals surface area contributed by atoms with E-state index in [-0.39, 0.29) is 17.9 Å². The first kappa shape index (κ1) is 19.5. The van der Waals surface area contributed by atoms with Crippen molar-refractivity contribution in [3.05, 3.63) is 11.6 Å². The lowest BCUT2D eigenvalue weighted by atomic mass is 9.58. The molecule has 4 heteroatoms. The first-order valence-corrected chi connectivity index (χ1v) is 8.76. The lowest BCUT2D eigenvalue weighted by molar-refractivity contribution is -0.341. The molecule has 4 nitrogen and oxygen atoms in total. The van der Waals surface area contributed by atoms with Crippen LogP contribution >= 0.6 is 0 Å².